The normalized spacial score (nSPS) is 23.2. The number of fused-ring (bicyclic) bond motifs is 2. The number of hydrogen-bond donors (Lipinski definition) is 2. The van der Waals surface area contributed by atoms with E-state index in [9.17, 15) is 10.2 Å². The lowest BCUT2D eigenvalue weighted by Crippen LogP contribution is -2.34. The highest BCUT2D eigenvalue weighted by atomic mass is 16.7. The van der Waals surface area contributed by atoms with Crippen molar-refractivity contribution in [1.82, 2.24) is 0 Å². The molecular formula is C19H20O7. The van der Waals surface area contributed by atoms with Crippen LogP contribution in [0.4, 0.5) is 0 Å². The minimum atomic E-state index is -0.987. The minimum Gasteiger partial charge on any atom is -0.502 e. The summed E-state index contributed by atoms with van der Waals surface area (Å²) in [7, 11) is 2.96. The van der Waals surface area contributed by atoms with E-state index in [0.717, 1.165) is 11.1 Å². The van der Waals surface area contributed by atoms with Crippen molar-refractivity contribution in [3.8, 4) is 34.5 Å². The minimum absolute atomic E-state index is 0.0649. The van der Waals surface area contributed by atoms with Crippen LogP contribution in [0.5, 0.6) is 34.5 Å². The van der Waals surface area contributed by atoms with E-state index in [4.69, 9.17) is 23.7 Å². The lowest BCUT2D eigenvalue weighted by Gasteiger charge is -2.35. The molecule has 7 heteroatoms. The number of aromatic hydroxyl groups is 1. The number of rotatable bonds is 3. The van der Waals surface area contributed by atoms with Crippen LogP contribution in [-0.4, -0.2) is 37.5 Å². The molecule has 0 aliphatic carbocycles. The summed E-state index contributed by atoms with van der Waals surface area (Å²) >= 11 is 0. The molecule has 2 aliphatic heterocycles. The average molecular weight is 360 g/mol. The van der Waals surface area contributed by atoms with E-state index in [1.54, 1.807) is 18.2 Å². The Bertz CT molecular complexity index is 823. The predicted octanol–water partition coefficient (Wildman–Crippen LogP) is 2.62. The average Bonchev–Trinajstić information content (AvgIpc) is 3.09. The third-order valence-corrected chi connectivity index (χ3v) is 4.92. The molecular weight excluding hydrogens is 340 g/mol. The van der Waals surface area contributed by atoms with Gasteiger partial charge in [-0.1, -0.05) is 6.92 Å². The number of hydrogen-bond acceptors (Lipinski definition) is 7. The van der Waals surface area contributed by atoms with Crippen LogP contribution in [-0.2, 0) is 0 Å². The van der Waals surface area contributed by atoms with Gasteiger partial charge in [0.2, 0.25) is 18.8 Å². The number of methoxy groups -OCH3 is 2. The molecule has 4 rings (SSSR count). The van der Waals surface area contributed by atoms with E-state index in [2.05, 4.69) is 0 Å². The third-order valence-electron chi connectivity index (χ3n) is 4.92. The lowest BCUT2D eigenvalue weighted by molar-refractivity contribution is -0.0729. The molecule has 26 heavy (non-hydrogen) atoms. The van der Waals surface area contributed by atoms with E-state index >= 15 is 0 Å². The van der Waals surface area contributed by atoms with Gasteiger partial charge in [0.25, 0.3) is 0 Å². The molecule has 3 atom stereocenters. The summed E-state index contributed by atoms with van der Waals surface area (Å²) in [5, 5.41) is 20.6. The van der Waals surface area contributed by atoms with Crippen molar-refractivity contribution in [2.45, 2.75) is 19.1 Å². The first-order chi connectivity index (χ1) is 12.5. The molecule has 2 aliphatic rings. The first-order valence-corrected chi connectivity index (χ1v) is 8.26. The zero-order valence-electron chi connectivity index (χ0n) is 14.7. The maximum atomic E-state index is 10.4. The van der Waals surface area contributed by atoms with Gasteiger partial charge in [-0.3, -0.25) is 0 Å². The molecule has 0 fully saturated rings. The standard InChI is InChI=1S/C19H20O7/c1-9-17(10-4-15(22-2)18(20)16(5-10)23-3)11-6-13-14(25-8-24-13)7-12(11)26-19(9)21/h4-7,9,17,19-21H,8H2,1-3H3/t9-,17-,19+/m1/s1. The zero-order chi connectivity index (χ0) is 18.4. The number of phenolic OH excluding ortho intramolecular Hbond substituents is 1. The monoisotopic (exact) mass is 360 g/mol. The van der Waals surface area contributed by atoms with Crippen LogP contribution < -0.4 is 23.7 Å². The van der Waals surface area contributed by atoms with Crippen molar-refractivity contribution in [3.05, 3.63) is 35.4 Å². The van der Waals surface area contributed by atoms with Crippen LogP contribution in [0, 0.1) is 5.92 Å². The second-order valence-electron chi connectivity index (χ2n) is 6.36. The predicted molar refractivity (Wildman–Crippen MR) is 91.4 cm³/mol. The molecule has 0 saturated heterocycles. The Kier molecular flexibility index (Phi) is 3.96. The van der Waals surface area contributed by atoms with E-state index in [1.807, 2.05) is 13.0 Å². The number of benzene rings is 2. The quantitative estimate of drug-likeness (QED) is 0.870. The maximum Gasteiger partial charge on any atom is 0.231 e. The van der Waals surface area contributed by atoms with Gasteiger partial charge in [-0.25, -0.2) is 0 Å². The van der Waals surface area contributed by atoms with E-state index < -0.39 is 6.29 Å². The van der Waals surface area contributed by atoms with Crippen molar-refractivity contribution in [2.24, 2.45) is 5.92 Å². The van der Waals surface area contributed by atoms with Crippen molar-refractivity contribution >= 4 is 0 Å². The fourth-order valence-corrected chi connectivity index (χ4v) is 3.55. The largest absolute Gasteiger partial charge is 0.502 e. The van der Waals surface area contributed by atoms with Crippen LogP contribution in [0.2, 0.25) is 0 Å². The third kappa shape index (κ3) is 2.47. The molecule has 0 aromatic heterocycles. The topological polar surface area (TPSA) is 86.6 Å². The highest BCUT2D eigenvalue weighted by molar-refractivity contribution is 5.59. The highest BCUT2D eigenvalue weighted by Gasteiger charge is 2.38. The maximum absolute atomic E-state index is 10.4. The molecule has 138 valence electrons. The van der Waals surface area contributed by atoms with E-state index in [-0.39, 0.29) is 24.4 Å². The zero-order valence-corrected chi connectivity index (χ0v) is 14.7. The summed E-state index contributed by atoms with van der Waals surface area (Å²) < 4.78 is 27.1. The summed E-state index contributed by atoms with van der Waals surface area (Å²) in [5.41, 5.74) is 1.69. The number of ether oxygens (including phenoxy) is 5. The molecule has 2 aromatic carbocycles. The first-order valence-electron chi connectivity index (χ1n) is 8.26. The van der Waals surface area contributed by atoms with Crippen molar-refractivity contribution < 1.29 is 33.9 Å². The van der Waals surface area contributed by atoms with Gasteiger partial charge in [0.05, 0.1) is 14.2 Å². The van der Waals surface area contributed by atoms with Gasteiger partial charge in [-0.2, -0.15) is 0 Å². The lowest BCUT2D eigenvalue weighted by atomic mass is 9.79. The van der Waals surface area contributed by atoms with Crippen molar-refractivity contribution in [1.29, 1.82) is 0 Å². The van der Waals surface area contributed by atoms with Gasteiger partial charge >= 0.3 is 0 Å². The highest BCUT2D eigenvalue weighted by Crippen LogP contribution is 2.50. The molecule has 7 nitrogen and oxygen atoms in total. The molecule has 2 N–H and O–H groups in total. The molecule has 0 bridgehead atoms. The molecule has 0 amide bonds. The summed E-state index contributed by atoms with van der Waals surface area (Å²) in [6.45, 7) is 2.05. The summed E-state index contributed by atoms with van der Waals surface area (Å²) in [5.74, 6) is 1.84. The van der Waals surface area contributed by atoms with Gasteiger partial charge in [0.1, 0.15) is 5.75 Å². The van der Waals surface area contributed by atoms with Gasteiger partial charge in [-0.15, -0.1) is 0 Å². The Morgan fingerprint density at radius 2 is 1.58 bits per heavy atom. The summed E-state index contributed by atoms with van der Waals surface area (Å²) in [6, 6.07) is 7.09. The fourth-order valence-electron chi connectivity index (χ4n) is 3.55. The molecule has 0 unspecified atom stereocenters. The second-order valence-corrected chi connectivity index (χ2v) is 6.36. The Morgan fingerprint density at radius 1 is 0.962 bits per heavy atom. The van der Waals surface area contributed by atoms with Crippen LogP contribution >= 0.6 is 0 Å². The number of aliphatic hydroxyl groups excluding tert-OH is 1. The molecule has 2 heterocycles. The Labute approximate surface area is 150 Å². The second kappa shape index (κ2) is 6.17. The summed E-state index contributed by atoms with van der Waals surface area (Å²) in [4.78, 5) is 0. The first kappa shape index (κ1) is 16.7. The SMILES string of the molecule is COc1cc([C@@H]2c3cc4c(cc3O[C@H](O)[C@@H]2C)OCO4)cc(OC)c1O. The van der Waals surface area contributed by atoms with E-state index in [0.29, 0.717) is 28.7 Å². The Balaban J connectivity index is 1.89. The van der Waals surface area contributed by atoms with E-state index in [1.165, 1.54) is 14.2 Å². The Morgan fingerprint density at radius 3 is 2.19 bits per heavy atom. The molecule has 0 spiro atoms. The van der Waals surface area contributed by atoms with Crippen LogP contribution in [0.25, 0.3) is 0 Å². The fraction of sp³-hybridized carbons (Fsp3) is 0.368. The number of phenols is 1. The van der Waals surface area contributed by atoms with Crippen LogP contribution in [0.1, 0.15) is 24.0 Å². The van der Waals surface area contributed by atoms with Crippen molar-refractivity contribution in [3.63, 3.8) is 0 Å². The van der Waals surface area contributed by atoms with Gasteiger partial charge in [0.15, 0.2) is 23.0 Å². The number of aliphatic hydroxyl groups is 1. The Hall–Kier alpha value is -2.80. The molecule has 2 aromatic rings. The summed E-state index contributed by atoms with van der Waals surface area (Å²) in [6.07, 6.45) is -0.987. The smallest absolute Gasteiger partial charge is 0.231 e. The van der Waals surface area contributed by atoms with Crippen molar-refractivity contribution in [2.75, 3.05) is 21.0 Å². The van der Waals surface area contributed by atoms with Gasteiger partial charge < -0.3 is 33.9 Å². The van der Waals surface area contributed by atoms with Crippen LogP contribution in [0.15, 0.2) is 24.3 Å². The van der Waals surface area contributed by atoms with Gasteiger partial charge in [0, 0.05) is 23.5 Å². The van der Waals surface area contributed by atoms with Gasteiger partial charge in [-0.05, 0) is 23.8 Å². The molecule has 0 saturated carbocycles. The molecule has 0 radical (unpaired) electrons. The van der Waals surface area contributed by atoms with Crippen LogP contribution in [0.3, 0.4) is 0 Å².